The lowest BCUT2D eigenvalue weighted by molar-refractivity contribution is -0.172. The van der Waals surface area contributed by atoms with Crippen molar-refractivity contribution in [2.75, 3.05) is 13.2 Å². The maximum Gasteiger partial charge on any atom is 0.312 e. The second kappa shape index (κ2) is 4.74. The normalized spacial score (nSPS) is 22.2. The Hall–Kier alpha value is -0.570. The molecule has 0 radical (unpaired) electrons. The van der Waals surface area contributed by atoms with Crippen molar-refractivity contribution in [1.29, 1.82) is 0 Å². The van der Waals surface area contributed by atoms with Crippen LogP contribution in [0.4, 0.5) is 0 Å². The number of esters is 1. The number of rotatable bonds is 4. The van der Waals surface area contributed by atoms with Crippen LogP contribution in [-0.2, 0) is 14.3 Å². The van der Waals surface area contributed by atoms with E-state index >= 15 is 0 Å². The molecule has 3 heteroatoms. The van der Waals surface area contributed by atoms with Crippen LogP contribution in [0.1, 0.15) is 47.5 Å². The first-order valence-electron chi connectivity index (χ1n) is 6.11. The van der Waals surface area contributed by atoms with E-state index in [4.69, 9.17) is 9.47 Å². The predicted octanol–water partition coefficient (Wildman–Crippen LogP) is 2.78. The van der Waals surface area contributed by atoms with Gasteiger partial charge < -0.3 is 9.47 Å². The maximum absolute atomic E-state index is 12.0. The van der Waals surface area contributed by atoms with Crippen molar-refractivity contribution in [2.45, 2.75) is 53.1 Å². The molecule has 0 aromatic heterocycles. The van der Waals surface area contributed by atoms with Gasteiger partial charge in [0.25, 0.3) is 0 Å². The fraction of sp³-hybridized carbons (Fsp3) is 0.923. The van der Waals surface area contributed by atoms with Gasteiger partial charge in [-0.2, -0.15) is 0 Å². The van der Waals surface area contributed by atoms with Crippen molar-refractivity contribution in [2.24, 2.45) is 11.3 Å². The van der Waals surface area contributed by atoms with E-state index in [2.05, 4.69) is 0 Å². The minimum atomic E-state index is -0.417. The quantitative estimate of drug-likeness (QED) is 0.694. The van der Waals surface area contributed by atoms with Crippen LogP contribution in [0.2, 0.25) is 0 Å². The summed E-state index contributed by atoms with van der Waals surface area (Å²) in [6, 6.07) is 0. The Kier molecular flexibility index (Phi) is 4.00. The molecule has 0 saturated carbocycles. The van der Waals surface area contributed by atoms with Gasteiger partial charge >= 0.3 is 5.97 Å². The molecule has 0 N–H and O–H groups in total. The van der Waals surface area contributed by atoms with Gasteiger partial charge in [0.1, 0.15) is 5.60 Å². The Morgan fingerprint density at radius 2 is 2.00 bits per heavy atom. The third-order valence-corrected chi connectivity index (χ3v) is 3.71. The SMILES string of the molecule is CCC(C)(C)C(=O)OC(C)(C)C1CCOC1. The van der Waals surface area contributed by atoms with Gasteiger partial charge in [0.05, 0.1) is 12.0 Å². The van der Waals surface area contributed by atoms with Crippen molar-refractivity contribution in [3.8, 4) is 0 Å². The topological polar surface area (TPSA) is 35.5 Å². The molecule has 94 valence electrons. The van der Waals surface area contributed by atoms with Gasteiger partial charge in [-0.3, -0.25) is 4.79 Å². The lowest BCUT2D eigenvalue weighted by Crippen LogP contribution is -2.41. The van der Waals surface area contributed by atoms with Crippen LogP contribution in [0.5, 0.6) is 0 Å². The molecule has 0 bridgehead atoms. The number of hydrogen-bond acceptors (Lipinski definition) is 3. The van der Waals surface area contributed by atoms with E-state index in [1.165, 1.54) is 0 Å². The second-order valence-corrected chi connectivity index (χ2v) is 5.79. The molecule has 0 spiro atoms. The zero-order valence-electron chi connectivity index (χ0n) is 11.1. The van der Waals surface area contributed by atoms with E-state index in [1.54, 1.807) is 0 Å². The molecule has 1 fully saturated rings. The number of carbonyl (C=O) groups is 1. The van der Waals surface area contributed by atoms with Gasteiger partial charge in [-0.1, -0.05) is 6.92 Å². The highest BCUT2D eigenvalue weighted by molar-refractivity contribution is 5.76. The van der Waals surface area contributed by atoms with Gasteiger partial charge in [0.2, 0.25) is 0 Å². The van der Waals surface area contributed by atoms with Gasteiger partial charge in [0, 0.05) is 12.5 Å². The van der Waals surface area contributed by atoms with E-state index in [1.807, 2.05) is 34.6 Å². The van der Waals surface area contributed by atoms with E-state index < -0.39 is 11.0 Å². The van der Waals surface area contributed by atoms with Gasteiger partial charge in [-0.15, -0.1) is 0 Å². The van der Waals surface area contributed by atoms with Crippen LogP contribution >= 0.6 is 0 Å². The molecule has 1 unspecified atom stereocenters. The summed E-state index contributed by atoms with van der Waals surface area (Å²) in [6.07, 6.45) is 1.77. The molecule has 1 aliphatic rings. The van der Waals surface area contributed by atoms with Crippen LogP contribution in [0.3, 0.4) is 0 Å². The largest absolute Gasteiger partial charge is 0.459 e. The fourth-order valence-electron chi connectivity index (χ4n) is 1.69. The summed E-state index contributed by atoms with van der Waals surface area (Å²) in [4.78, 5) is 12.0. The zero-order chi connectivity index (χ0) is 12.4. The summed E-state index contributed by atoms with van der Waals surface area (Å²) in [5, 5.41) is 0. The fourth-order valence-corrected chi connectivity index (χ4v) is 1.69. The molecule has 3 nitrogen and oxygen atoms in total. The molecule has 1 rings (SSSR count). The average molecular weight is 228 g/mol. The second-order valence-electron chi connectivity index (χ2n) is 5.79. The third-order valence-electron chi connectivity index (χ3n) is 3.71. The third kappa shape index (κ3) is 2.97. The minimum Gasteiger partial charge on any atom is -0.459 e. The Morgan fingerprint density at radius 1 is 1.38 bits per heavy atom. The highest BCUT2D eigenvalue weighted by Crippen LogP contribution is 2.32. The van der Waals surface area contributed by atoms with E-state index in [0.29, 0.717) is 12.5 Å². The Bertz CT molecular complexity index is 250. The maximum atomic E-state index is 12.0. The lowest BCUT2D eigenvalue weighted by atomic mass is 9.87. The molecule has 1 saturated heterocycles. The summed E-state index contributed by atoms with van der Waals surface area (Å²) in [5.41, 5.74) is -0.809. The van der Waals surface area contributed by atoms with Crippen LogP contribution in [0.25, 0.3) is 0 Å². The summed E-state index contributed by atoms with van der Waals surface area (Å²) in [7, 11) is 0. The minimum absolute atomic E-state index is 0.105. The van der Waals surface area contributed by atoms with Crippen LogP contribution in [-0.4, -0.2) is 24.8 Å². The molecule has 0 aliphatic carbocycles. The number of hydrogen-bond donors (Lipinski definition) is 0. The molecular weight excluding hydrogens is 204 g/mol. The van der Waals surface area contributed by atoms with Crippen LogP contribution < -0.4 is 0 Å². The van der Waals surface area contributed by atoms with E-state index in [-0.39, 0.29) is 5.97 Å². The molecule has 0 aromatic carbocycles. The van der Waals surface area contributed by atoms with Crippen LogP contribution in [0.15, 0.2) is 0 Å². The summed E-state index contributed by atoms with van der Waals surface area (Å²) in [5.74, 6) is 0.219. The standard InChI is InChI=1S/C13H24O3/c1-6-12(2,3)11(14)16-13(4,5)10-7-8-15-9-10/h10H,6-9H2,1-5H3. The summed E-state index contributed by atoms with van der Waals surface area (Å²) in [6.45, 7) is 11.3. The predicted molar refractivity (Wildman–Crippen MR) is 63.2 cm³/mol. The highest BCUT2D eigenvalue weighted by atomic mass is 16.6. The first-order chi connectivity index (χ1) is 7.29. The summed E-state index contributed by atoms with van der Waals surface area (Å²) >= 11 is 0. The van der Waals surface area contributed by atoms with E-state index in [0.717, 1.165) is 19.4 Å². The first-order valence-corrected chi connectivity index (χ1v) is 6.11. The van der Waals surface area contributed by atoms with Crippen molar-refractivity contribution in [1.82, 2.24) is 0 Å². The molecule has 0 amide bonds. The summed E-state index contributed by atoms with van der Waals surface area (Å²) < 4.78 is 11.0. The van der Waals surface area contributed by atoms with E-state index in [9.17, 15) is 4.79 Å². The van der Waals surface area contributed by atoms with Crippen molar-refractivity contribution in [3.63, 3.8) is 0 Å². The monoisotopic (exact) mass is 228 g/mol. The van der Waals surface area contributed by atoms with Gasteiger partial charge in [-0.25, -0.2) is 0 Å². The first kappa shape index (κ1) is 13.5. The van der Waals surface area contributed by atoms with Crippen molar-refractivity contribution < 1.29 is 14.3 Å². The molecule has 16 heavy (non-hydrogen) atoms. The smallest absolute Gasteiger partial charge is 0.312 e. The highest BCUT2D eigenvalue weighted by Gasteiger charge is 2.39. The molecule has 1 aliphatic heterocycles. The Morgan fingerprint density at radius 3 is 2.44 bits per heavy atom. The lowest BCUT2D eigenvalue weighted by Gasteiger charge is -2.34. The van der Waals surface area contributed by atoms with Crippen molar-refractivity contribution in [3.05, 3.63) is 0 Å². The zero-order valence-corrected chi connectivity index (χ0v) is 11.1. The number of carbonyl (C=O) groups excluding carboxylic acids is 1. The Balaban J connectivity index is 2.61. The molecule has 1 heterocycles. The molecule has 1 atom stereocenters. The van der Waals surface area contributed by atoms with Crippen LogP contribution in [0, 0.1) is 11.3 Å². The van der Waals surface area contributed by atoms with Gasteiger partial charge in [-0.05, 0) is 40.5 Å². The average Bonchev–Trinajstić information content (AvgIpc) is 2.70. The van der Waals surface area contributed by atoms with Crippen molar-refractivity contribution >= 4 is 5.97 Å². The molecular formula is C13H24O3. The Labute approximate surface area is 98.5 Å². The molecule has 0 aromatic rings. The van der Waals surface area contributed by atoms with Gasteiger partial charge in [0.15, 0.2) is 0 Å². The number of ether oxygens (including phenoxy) is 2.